The van der Waals surface area contributed by atoms with Crippen molar-refractivity contribution in [3.05, 3.63) is 48.6 Å². The van der Waals surface area contributed by atoms with E-state index >= 15 is 0 Å². The second-order valence-electron chi connectivity index (χ2n) is 5.20. The van der Waals surface area contributed by atoms with E-state index in [0.29, 0.717) is 25.7 Å². The molecular formula is C18H24BO4. The average Bonchev–Trinajstić information content (AvgIpc) is 2.49. The highest BCUT2D eigenvalue weighted by molar-refractivity contribution is 5.77. The molecule has 0 amide bonds. The molecule has 1 rings (SSSR count). The normalized spacial score (nSPS) is 12.6. The molecule has 0 saturated heterocycles. The van der Waals surface area contributed by atoms with Crippen molar-refractivity contribution in [2.24, 2.45) is 0 Å². The average molecular weight is 315 g/mol. The maximum absolute atomic E-state index is 12.3. The molecule has 0 aliphatic carbocycles. The van der Waals surface area contributed by atoms with Gasteiger partial charge in [-0.3, -0.25) is 0 Å². The Morgan fingerprint density at radius 1 is 1.26 bits per heavy atom. The summed E-state index contributed by atoms with van der Waals surface area (Å²) in [4.78, 5) is 23.3. The molecule has 2 unspecified atom stereocenters. The van der Waals surface area contributed by atoms with Crippen molar-refractivity contribution < 1.29 is 19.1 Å². The van der Waals surface area contributed by atoms with Gasteiger partial charge in [-0.1, -0.05) is 36.4 Å². The minimum Gasteiger partial charge on any atom is -0.460 e. The Hall–Kier alpha value is -1.88. The van der Waals surface area contributed by atoms with E-state index in [4.69, 9.17) is 9.47 Å². The number of hydrogen-bond donors (Lipinski definition) is 0. The third-order valence-electron chi connectivity index (χ3n) is 3.32. The summed E-state index contributed by atoms with van der Waals surface area (Å²) in [5.74, 6) is -0.272. The van der Waals surface area contributed by atoms with E-state index in [1.165, 1.54) is 7.11 Å². The molecule has 0 spiro atoms. The van der Waals surface area contributed by atoms with Crippen LogP contribution in [-0.2, 0) is 19.1 Å². The van der Waals surface area contributed by atoms with Crippen molar-refractivity contribution in [1.29, 1.82) is 0 Å². The van der Waals surface area contributed by atoms with Gasteiger partial charge in [0.05, 0.1) is 0 Å². The van der Waals surface area contributed by atoms with Crippen LogP contribution in [0.1, 0.15) is 44.3 Å². The van der Waals surface area contributed by atoms with Crippen LogP contribution in [0.3, 0.4) is 0 Å². The van der Waals surface area contributed by atoms with Gasteiger partial charge in [0.15, 0.2) is 6.10 Å². The van der Waals surface area contributed by atoms with Crippen molar-refractivity contribution in [3.63, 3.8) is 0 Å². The molecule has 4 nitrogen and oxygen atoms in total. The third-order valence-corrected chi connectivity index (χ3v) is 3.32. The van der Waals surface area contributed by atoms with Crippen LogP contribution >= 0.6 is 0 Å². The van der Waals surface area contributed by atoms with Crippen LogP contribution in [0.2, 0.25) is 0 Å². The summed E-state index contributed by atoms with van der Waals surface area (Å²) >= 11 is 0. The fourth-order valence-electron chi connectivity index (χ4n) is 2.21. The number of rotatable bonds is 10. The monoisotopic (exact) mass is 315 g/mol. The molecule has 1 aromatic carbocycles. The molecule has 1 aromatic rings. The zero-order chi connectivity index (χ0) is 16.4. The van der Waals surface area contributed by atoms with Crippen molar-refractivity contribution >= 4 is 20.2 Å². The first-order valence-electron chi connectivity index (χ1n) is 7.47. The molecule has 0 bridgehead atoms. The number of carbonyl (C=O) groups excluding carboxylic acids is 2. The van der Waals surface area contributed by atoms with Crippen molar-refractivity contribution in [2.45, 2.75) is 44.8 Å². The summed E-state index contributed by atoms with van der Waals surface area (Å²) in [5.41, 5.74) is 0.760. The highest BCUT2D eigenvalue weighted by Crippen LogP contribution is 2.20. The molecule has 0 saturated carbocycles. The number of esters is 1. The first-order chi connectivity index (χ1) is 10.6. The summed E-state index contributed by atoms with van der Waals surface area (Å²) in [6.07, 6.45) is 3.11. The van der Waals surface area contributed by atoms with Crippen molar-refractivity contribution in [2.75, 3.05) is 7.11 Å². The van der Waals surface area contributed by atoms with E-state index in [0.717, 1.165) is 5.56 Å². The second-order valence-corrected chi connectivity index (χ2v) is 5.20. The Bertz CT molecular complexity index is 487. The number of ketones is 1. The van der Waals surface area contributed by atoms with E-state index in [9.17, 15) is 9.59 Å². The maximum atomic E-state index is 12.3. The Balaban J connectivity index is 0.00000484. The van der Waals surface area contributed by atoms with Crippen LogP contribution < -0.4 is 0 Å². The molecule has 0 heterocycles. The first-order valence-corrected chi connectivity index (χ1v) is 7.47. The minimum absolute atomic E-state index is 0. The van der Waals surface area contributed by atoms with Crippen LogP contribution in [0, 0.1) is 0 Å². The van der Waals surface area contributed by atoms with Crippen LogP contribution in [0.25, 0.3) is 0 Å². The van der Waals surface area contributed by atoms with Gasteiger partial charge in [-0.25, -0.2) is 4.79 Å². The van der Waals surface area contributed by atoms with Gasteiger partial charge in [0.2, 0.25) is 0 Å². The Morgan fingerprint density at radius 3 is 2.43 bits per heavy atom. The number of benzene rings is 1. The number of Topliss-reactive ketones (excluding diaryl/α,β-unsaturated/α-hetero) is 1. The van der Waals surface area contributed by atoms with Crippen LogP contribution in [0.5, 0.6) is 0 Å². The number of methoxy groups -OCH3 is 1. The van der Waals surface area contributed by atoms with Gasteiger partial charge in [-0.05, 0) is 25.3 Å². The molecule has 3 radical (unpaired) electrons. The summed E-state index contributed by atoms with van der Waals surface area (Å²) in [5, 5.41) is 0. The molecule has 123 valence electrons. The predicted molar refractivity (Wildman–Crippen MR) is 91.2 cm³/mol. The van der Waals surface area contributed by atoms with Crippen molar-refractivity contribution in [1.82, 2.24) is 0 Å². The van der Waals surface area contributed by atoms with E-state index in [1.54, 1.807) is 13.0 Å². The van der Waals surface area contributed by atoms with Crippen molar-refractivity contribution in [3.8, 4) is 0 Å². The molecule has 0 aromatic heterocycles. The van der Waals surface area contributed by atoms with E-state index in [-0.39, 0.29) is 20.3 Å². The third kappa shape index (κ3) is 7.79. The van der Waals surface area contributed by atoms with Gasteiger partial charge in [-0.15, -0.1) is 6.58 Å². The van der Waals surface area contributed by atoms with E-state index in [2.05, 4.69) is 6.58 Å². The molecular weight excluding hydrogens is 291 g/mol. The molecule has 0 aliphatic heterocycles. The fourth-order valence-corrected chi connectivity index (χ4v) is 2.21. The fraction of sp³-hybridized carbons (Fsp3) is 0.444. The van der Waals surface area contributed by atoms with E-state index in [1.807, 2.05) is 30.3 Å². The van der Waals surface area contributed by atoms with Gasteiger partial charge in [0.25, 0.3) is 0 Å². The SMILES string of the molecule is C=CCC(CCCC(C)=O)OC(=O)C(OC)c1ccccc1.[B]. The summed E-state index contributed by atoms with van der Waals surface area (Å²) in [7, 11) is 1.48. The molecule has 0 fully saturated rings. The maximum Gasteiger partial charge on any atom is 0.340 e. The van der Waals surface area contributed by atoms with Gasteiger partial charge in [0.1, 0.15) is 11.9 Å². The number of carbonyl (C=O) groups is 2. The summed E-state index contributed by atoms with van der Waals surface area (Å²) in [6, 6.07) is 9.23. The Labute approximate surface area is 140 Å². The summed E-state index contributed by atoms with van der Waals surface area (Å²) in [6.45, 7) is 5.25. The van der Waals surface area contributed by atoms with Crippen LogP contribution in [0.15, 0.2) is 43.0 Å². The highest BCUT2D eigenvalue weighted by atomic mass is 16.6. The molecule has 2 atom stereocenters. The van der Waals surface area contributed by atoms with E-state index < -0.39 is 12.1 Å². The van der Waals surface area contributed by atoms with Gasteiger partial charge < -0.3 is 14.3 Å². The zero-order valence-electron chi connectivity index (χ0n) is 13.9. The number of ether oxygens (including phenoxy) is 2. The van der Waals surface area contributed by atoms with Gasteiger partial charge >= 0.3 is 5.97 Å². The van der Waals surface area contributed by atoms with Crippen LogP contribution in [0.4, 0.5) is 0 Å². The largest absolute Gasteiger partial charge is 0.460 e. The second kappa shape index (κ2) is 11.7. The zero-order valence-corrected chi connectivity index (χ0v) is 13.9. The molecule has 5 heteroatoms. The predicted octanol–water partition coefficient (Wildman–Crippen LogP) is 3.24. The lowest BCUT2D eigenvalue weighted by Crippen LogP contribution is -2.24. The Morgan fingerprint density at radius 2 is 1.91 bits per heavy atom. The lowest BCUT2D eigenvalue weighted by Gasteiger charge is -2.20. The highest BCUT2D eigenvalue weighted by Gasteiger charge is 2.24. The summed E-state index contributed by atoms with van der Waals surface area (Å²) < 4.78 is 10.8. The number of hydrogen-bond acceptors (Lipinski definition) is 4. The van der Waals surface area contributed by atoms with Gasteiger partial charge in [-0.2, -0.15) is 0 Å². The standard InChI is InChI=1S/C18H24O4.B/c1-4-9-16(13-8-10-14(2)19)22-18(20)17(21-3)15-11-6-5-7-12-15;/h4-7,11-12,16-17H,1,8-10,13H2,2-3H3;. The molecule has 0 aliphatic rings. The quantitative estimate of drug-likeness (QED) is 0.378. The Kier molecular flexibility index (Phi) is 10.7. The topological polar surface area (TPSA) is 52.6 Å². The molecule has 23 heavy (non-hydrogen) atoms. The lowest BCUT2D eigenvalue weighted by atomic mass is 10.1. The lowest BCUT2D eigenvalue weighted by molar-refractivity contribution is -0.161. The van der Waals surface area contributed by atoms with Crippen LogP contribution in [-0.4, -0.2) is 33.4 Å². The minimum atomic E-state index is -0.735. The first kappa shape index (κ1) is 21.1. The molecule has 0 N–H and O–H groups in total. The smallest absolute Gasteiger partial charge is 0.340 e. The van der Waals surface area contributed by atoms with Gasteiger partial charge in [0, 0.05) is 28.4 Å².